The Labute approximate surface area is 158 Å². The van der Waals surface area contributed by atoms with Gasteiger partial charge in [-0.2, -0.15) is 0 Å². The zero-order valence-corrected chi connectivity index (χ0v) is 17.5. The van der Waals surface area contributed by atoms with Gasteiger partial charge in [-0.1, -0.05) is 7.43 Å². The number of nitrogens with zero attached hydrogens (tertiary/aromatic N) is 5. The Bertz CT molecular complexity index is 341. The molecule has 2 aliphatic rings. The summed E-state index contributed by atoms with van der Waals surface area (Å²) in [4.78, 5) is 12.0. The van der Waals surface area contributed by atoms with Gasteiger partial charge in [-0.3, -0.25) is 29.8 Å². The number of rotatable bonds is 1. The predicted octanol–water partition coefficient (Wildman–Crippen LogP) is 1.66. The number of hydrogen-bond donors (Lipinski definition) is 1. The highest BCUT2D eigenvalue weighted by atomic mass is 15.4. The summed E-state index contributed by atoms with van der Waals surface area (Å²) in [6.07, 6.45) is 0. The van der Waals surface area contributed by atoms with Crippen molar-refractivity contribution in [3.8, 4) is 0 Å². The summed E-state index contributed by atoms with van der Waals surface area (Å²) >= 11 is 0. The molecule has 0 aromatic heterocycles. The molecule has 2 aliphatic heterocycles. The topological polar surface area (TPSA) is 28.2 Å². The van der Waals surface area contributed by atoms with Gasteiger partial charge in [0, 0.05) is 51.1 Å². The van der Waals surface area contributed by atoms with Gasteiger partial charge in [0.25, 0.3) is 0 Å². The molecule has 0 aromatic rings. The molecular formula is C19H46N6. The predicted molar refractivity (Wildman–Crippen MR) is 111 cm³/mol. The van der Waals surface area contributed by atoms with Crippen LogP contribution in [0.1, 0.15) is 42.0 Å². The van der Waals surface area contributed by atoms with E-state index in [0.29, 0.717) is 6.04 Å². The van der Waals surface area contributed by atoms with Crippen molar-refractivity contribution in [3.63, 3.8) is 0 Å². The van der Waals surface area contributed by atoms with Gasteiger partial charge in [-0.05, 0) is 55.8 Å². The molecule has 152 valence electrons. The zero-order chi connectivity index (χ0) is 18.3. The van der Waals surface area contributed by atoms with Crippen LogP contribution in [-0.4, -0.2) is 110 Å². The Kier molecular flexibility index (Phi) is 11.4. The van der Waals surface area contributed by atoms with Crippen LogP contribution in [0.4, 0.5) is 0 Å². The molecule has 2 saturated heterocycles. The Morgan fingerprint density at radius 3 is 1.92 bits per heavy atom. The molecule has 25 heavy (non-hydrogen) atoms. The van der Waals surface area contributed by atoms with Crippen LogP contribution in [0.3, 0.4) is 0 Å². The molecule has 0 bridgehead atoms. The summed E-state index contributed by atoms with van der Waals surface area (Å²) in [5.41, 5.74) is 0.290. The normalized spacial score (nSPS) is 23.4. The standard InChI is InChI=1S/2C9H21N3.CH4/c1-9(2)12-6-5-10(3)7-11(4)8-12;1-9(2,3)12-6-5-11(4)7-10-8-12;/h9H,5-8H2,1-4H3;10H,5-8H2,1-4H3;1H4. The lowest BCUT2D eigenvalue weighted by Gasteiger charge is -2.34. The minimum atomic E-state index is 0. The van der Waals surface area contributed by atoms with Crippen LogP contribution < -0.4 is 5.32 Å². The van der Waals surface area contributed by atoms with Crippen LogP contribution in [0.25, 0.3) is 0 Å². The zero-order valence-electron chi connectivity index (χ0n) is 17.5. The van der Waals surface area contributed by atoms with Crippen molar-refractivity contribution in [2.24, 2.45) is 0 Å². The summed E-state index contributed by atoms with van der Waals surface area (Å²) in [6, 6.07) is 0.666. The van der Waals surface area contributed by atoms with E-state index in [1.165, 1.54) is 13.1 Å². The molecule has 1 N–H and O–H groups in total. The molecule has 0 aliphatic carbocycles. The van der Waals surface area contributed by atoms with Gasteiger partial charge < -0.3 is 0 Å². The summed E-state index contributed by atoms with van der Waals surface area (Å²) in [6.45, 7) is 20.2. The maximum Gasteiger partial charge on any atom is 0.0518 e. The molecule has 2 fully saturated rings. The molecule has 0 saturated carbocycles. The average molecular weight is 359 g/mol. The van der Waals surface area contributed by atoms with Crippen LogP contribution in [0.2, 0.25) is 0 Å². The van der Waals surface area contributed by atoms with Crippen LogP contribution in [0.15, 0.2) is 0 Å². The van der Waals surface area contributed by atoms with Crippen LogP contribution >= 0.6 is 0 Å². The lowest BCUT2D eigenvalue weighted by molar-refractivity contribution is 0.136. The quantitative estimate of drug-likeness (QED) is 0.767. The van der Waals surface area contributed by atoms with Crippen molar-refractivity contribution in [1.29, 1.82) is 0 Å². The molecule has 6 nitrogen and oxygen atoms in total. The van der Waals surface area contributed by atoms with Crippen molar-refractivity contribution < 1.29 is 0 Å². The molecule has 2 heterocycles. The first-order valence-corrected chi connectivity index (χ1v) is 9.35. The van der Waals surface area contributed by atoms with Gasteiger partial charge in [0.2, 0.25) is 0 Å². The second-order valence-electron chi connectivity index (χ2n) is 8.70. The van der Waals surface area contributed by atoms with E-state index in [-0.39, 0.29) is 13.0 Å². The lowest BCUT2D eigenvalue weighted by Crippen LogP contribution is -2.46. The SMILES string of the molecule is C.CC(C)N1CCN(C)CN(C)C1.CN1CCN(C(C)(C)C)CNC1. The molecule has 0 atom stereocenters. The highest BCUT2D eigenvalue weighted by molar-refractivity contribution is 4.77. The molecule has 2 rings (SSSR count). The van der Waals surface area contributed by atoms with E-state index < -0.39 is 0 Å². The number of likely N-dealkylation sites (N-methyl/N-ethyl adjacent to an activating group) is 2. The third-order valence-electron chi connectivity index (χ3n) is 4.79. The van der Waals surface area contributed by atoms with E-state index >= 15 is 0 Å². The van der Waals surface area contributed by atoms with E-state index in [1.807, 2.05) is 0 Å². The second-order valence-corrected chi connectivity index (χ2v) is 8.70. The first kappa shape index (κ1) is 24.8. The minimum absolute atomic E-state index is 0. The maximum atomic E-state index is 3.41. The highest BCUT2D eigenvalue weighted by Gasteiger charge is 2.22. The number of nitrogens with one attached hydrogen (secondary N) is 1. The van der Waals surface area contributed by atoms with Crippen LogP contribution in [0, 0.1) is 0 Å². The molecule has 6 heteroatoms. The summed E-state index contributed by atoms with van der Waals surface area (Å²) < 4.78 is 0. The second kappa shape index (κ2) is 11.5. The van der Waals surface area contributed by atoms with Gasteiger partial charge in [-0.15, -0.1) is 0 Å². The fourth-order valence-corrected chi connectivity index (χ4v) is 3.03. The van der Waals surface area contributed by atoms with Crippen molar-refractivity contribution >= 4 is 0 Å². The third kappa shape index (κ3) is 9.87. The van der Waals surface area contributed by atoms with Crippen LogP contribution in [-0.2, 0) is 0 Å². The first-order valence-electron chi connectivity index (χ1n) is 9.35. The van der Waals surface area contributed by atoms with Gasteiger partial charge in [0.05, 0.1) is 13.3 Å². The molecule has 0 spiro atoms. The van der Waals surface area contributed by atoms with Crippen LogP contribution in [0.5, 0.6) is 0 Å². The minimum Gasteiger partial charge on any atom is -0.292 e. The number of hydrogen-bond acceptors (Lipinski definition) is 6. The summed E-state index contributed by atoms with van der Waals surface area (Å²) in [5.74, 6) is 0. The van der Waals surface area contributed by atoms with Gasteiger partial charge in [0.15, 0.2) is 0 Å². The summed E-state index contributed by atoms with van der Waals surface area (Å²) in [7, 11) is 6.51. The van der Waals surface area contributed by atoms with E-state index in [1.54, 1.807) is 0 Å². The van der Waals surface area contributed by atoms with E-state index in [4.69, 9.17) is 0 Å². The highest BCUT2D eigenvalue weighted by Crippen LogP contribution is 2.12. The van der Waals surface area contributed by atoms with Crippen molar-refractivity contribution in [2.45, 2.75) is 53.6 Å². The third-order valence-corrected chi connectivity index (χ3v) is 4.79. The van der Waals surface area contributed by atoms with E-state index in [2.05, 4.69) is 85.6 Å². The smallest absolute Gasteiger partial charge is 0.0518 e. The largest absolute Gasteiger partial charge is 0.292 e. The summed E-state index contributed by atoms with van der Waals surface area (Å²) in [5, 5.41) is 3.41. The van der Waals surface area contributed by atoms with Crippen molar-refractivity contribution in [1.82, 2.24) is 29.8 Å². The Hall–Kier alpha value is -0.240. The van der Waals surface area contributed by atoms with E-state index in [0.717, 1.165) is 39.8 Å². The Morgan fingerprint density at radius 1 is 0.760 bits per heavy atom. The molecule has 0 aromatic carbocycles. The van der Waals surface area contributed by atoms with Crippen molar-refractivity contribution in [2.75, 3.05) is 74.0 Å². The van der Waals surface area contributed by atoms with Crippen molar-refractivity contribution in [3.05, 3.63) is 0 Å². The monoisotopic (exact) mass is 358 g/mol. The van der Waals surface area contributed by atoms with Gasteiger partial charge in [-0.25, -0.2) is 0 Å². The fourth-order valence-electron chi connectivity index (χ4n) is 3.03. The Balaban J connectivity index is 0.000000443. The van der Waals surface area contributed by atoms with Gasteiger partial charge in [0.1, 0.15) is 0 Å². The van der Waals surface area contributed by atoms with Gasteiger partial charge >= 0.3 is 0 Å². The fraction of sp³-hybridized carbons (Fsp3) is 1.00. The average Bonchev–Trinajstić information content (AvgIpc) is 2.76. The molecular weight excluding hydrogens is 312 g/mol. The molecule has 0 amide bonds. The molecule has 0 radical (unpaired) electrons. The van der Waals surface area contributed by atoms with E-state index in [9.17, 15) is 0 Å². The lowest BCUT2D eigenvalue weighted by atomic mass is 10.1. The first-order chi connectivity index (χ1) is 11.1. The maximum absolute atomic E-state index is 3.41. The molecule has 0 unspecified atom stereocenters. The Morgan fingerprint density at radius 2 is 1.36 bits per heavy atom.